The largest absolute Gasteiger partial charge is 0.283 e. The van der Waals surface area contributed by atoms with Crippen LogP contribution in [0.4, 0.5) is 5.69 Å². The van der Waals surface area contributed by atoms with E-state index in [1.54, 1.807) is 23.9 Å². The fraction of sp³-hybridized carbons (Fsp3) is 0.182. The maximum atomic E-state index is 10.8. The molecule has 0 amide bonds. The molecule has 0 fully saturated rings. The van der Waals surface area contributed by atoms with E-state index in [2.05, 4.69) is 21.0 Å². The van der Waals surface area contributed by atoms with Gasteiger partial charge in [0.15, 0.2) is 0 Å². The van der Waals surface area contributed by atoms with Gasteiger partial charge in [0.1, 0.15) is 4.47 Å². The van der Waals surface area contributed by atoms with E-state index in [0.29, 0.717) is 16.0 Å². The molecule has 1 aromatic carbocycles. The summed E-state index contributed by atoms with van der Waals surface area (Å²) in [5.41, 5.74) is 1.56. The number of aryl methyl sites for hydroxylation is 1. The summed E-state index contributed by atoms with van der Waals surface area (Å²) in [5.74, 6) is 0. The summed E-state index contributed by atoms with van der Waals surface area (Å²) in [6, 6.07) is 4.91. The van der Waals surface area contributed by atoms with Gasteiger partial charge in [-0.1, -0.05) is 23.7 Å². The van der Waals surface area contributed by atoms with E-state index < -0.39 is 4.92 Å². The summed E-state index contributed by atoms with van der Waals surface area (Å²) in [6.45, 7) is 2.23. The minimum Gasteiger partial charge on any atom is -0.266 e. The first-order valence-corrected chi connectivity index (χ1v) is 6.27. The summed E-state index contributed by atoms with van der Waals surface area (Å²) in [7, 11) is 0. The quantitative estimate of drug-likeness (QED) is 0.638. The molecular formula is C11H9BrClN3O2. The Hall–Kier alpha value is -1.40. The van der Waals surface area contributed by atoms with Crippen LogP contribution in [-0.2, 0) is 6.54 Å². The number of hydrogen-bond donors (Lipinski definition) is 0. The molecule has 0 saturated heterocycles. The Balaban J connectivity index is 2.35. The molecule has 2 rings (SSSR count). The third-order valence-corrected chi connectivity index (χ3v) is 3.76. The Bertz CT molecular complexity index is 593. The molecule has 0 atom stereocenters. The molecule has 0 bridgehead atoms. The summed E-state index contributed by atoms with van der Waals surface area (Å²) in [4.78, 5) is 10.4. The van der Waals surface area contributed by atoms with Gasteiger partial charge < -0.3 is 0 Å². The first-order chi connectivity index (χ1) is 8.49. The molecule has 0 aliphatic carbocycles. The Labute approximate surface area is 117 Å². The van der Waals surface area contributed by atoms with Gasteiger partial charge in [0.2, 0.25) is 0 Å². The van der Waals surface area contributed by atoms with Crippen molar-refractivity contribution in [2.45, 2.75) is 13.5 Å². The molecule has 0 N–H and O–H groups in total. The number of nitro groups is 1. The SMILES string of the molecule is Cc1nn(Cc2cccc([N+](=O)[O-])c2Br)cc1Cl. The number of nitrogens with zero attached hydrogens (tertiary/aromatic N) is 3. The Kier molecular flexibility index (Phi) is 3.68. The molecule has 7 heteroatoms. The molecule has 1 aromatic heterocycles. The highest BCUT2D eigenvalue weighted by Crippen LogP contribution is 2.29. The lowest BCUT2D eigenvalue weighted by Gasteiger charge is -2.05. The van der Waals surface area contributed by atoms with Gasteiger partial charge in [-0.3, -0.25) is 14.8 Å². The highest BCUT2D eigenvalue weighted by Gasteiger charge is 2.15. The number of hydrogen-bond acceptors (Lipinski definition) is 3. The summed E-state index contributed by atoms with van der Waals surface area (Å²) in [6.07, 6.45) is 1.70. The van der Waals surface area contributed by atoms with Crippen molar-refractivity contribution in [1.29, 1.82) is 0 Å². The van der Waals surface area contributed by atoms with Gasteiger partial charge in [-0.15, -0.1) is 0 Å². The fourth-order valence-corrected chi connectivity index (χ4v) is 2.26. The molecular weight excluding hydrogens is 321 g/mol. The molecule has 2 aromatic rings. The van der Waals surface area contributed by atoms with Crippen LogP contribution in [0.2, 0.25) is 5.02 Å². The van der Waals surface area contributed by atoms with Gasteiger partial charge in [0, 0.05) is 12.3 Å². The average molecular weight is 331 g/mol. The van der Waals surface area contributed by atoms with Crippen LogP contribution in [0.1, 0.15) is 11.3 Å². The maximum absolute atomic E-state index is 10.8. The molecule has 0 aliphatic rings. The van der Waals surface area contributed by atoms with Crippen molar-refractivity contribution < 1.29 is 4.92 Å². The van der Waals surface area contributed by atoms with Gasteiger partial charge in [0.25, 0.3) is 5.69 Å². The van der Waals surface area contributed by atoms with Crippen molar-refractivity contribution in [3.8, 4) is 0 Å². The summed E-state index contributed by atoms with van der Waals surface area (Å²) < 4.78 is 2.13. The molecule has 0 unspecified atom stereocenters. The molecule has 94 valence electrons. The number of benzene rings is 1. The van der Waals surface area contributed by atoms with E-state index >= 15 is 0 Å². The second-order valence-corrected chi connectivity index (χ2v) is 4.97. The Morgan fingerprint density at radius 3 is 2.83 bits per heavy atom. The van der Waals surface area contributed by atoms with E-state index in [1.807, 2.05) is 6.07 Å². The minimum atomic E-state index is -0.422. The number of aromatic nitrogens is 2. The van der Waals surface area contributed by atoms with Crippen LogP contribution in [0.25, 0.3) is 0 Å². The molecule has 5 nitrogen and oxygen atoms in total. The zero-order chi connectivity index (χ0) is 13.3. The topological polar surface area (TPSA) is 61.0 Å². The van der Waals surface area contributed by atoms with Gasteiger partial charge in [-0.2, -0.15) is 5.10 Å². The van der Waals surface area contributed by atoms with Gasteiger partial charge in [0.05, 0.1) is 22.2 Å². The van der Waals surface area contributed by atoms with Crippen LogP contribution < -0.4 is 0 Å². The van der Waals surface area contributed by atoms with Gasteiger partial charge >= 0.3 is 0 Å². The van der Waals surface area contributed by atoms with Gasteiger partial charge in [-0.25, -0.2) is 0 Å². The van der Waals surface area contributed by atoms with E-state index in [-0.39, 0.29) is 5.69 Å². The summed E-state index contributed by atoms with van der Waals surface area (Å²) in [5, 5.41) is 15.6. The zero-order valence-electron chi connectivity index (χ0n) is 9.43. The molecule has 0 spiro atoms. The first-order valence-electron chi connectivity index (χ1n) is 5.10. The normalized spacial score (nSPS) is 10.6. The van der Waals surface area contributed by atoms with Gasteiger partial charge in [-0.05, 0) is 28.4 Å². The third kappa shape index (κ3) is 2.54. The monoisotopic (exact) mass is 329 g/mol. The number of nitro benzene ring substituents is 1. The van der Waals surface area contributed by atoms with Crippen LogP contribution in [0.3, 0.4) is 0 Å². The highest BCUT2D eigenvalue weighted by molar-refractivity contribution is 9.10. The van der Waals surface area contributed by atoms with Crippen LogP contribution in [-0.4, -0.2) is 14.7 Å². The lowest BCUT2D eigenvalue weighted by atomic mass is 10.2. The zero-order valence-corrected chi connectivity index (χ0v) is 11.8. The standard InChI is InChI=1S/C11H9BrClN3O2/c1-7-9(13)6-15(14-7)5-8-3-2-4-10(11(8)12)16(17)18/h2-4,6H,5H2,1H3. The maximum Gasteiger partial charge on any atom is 0.283 e. The van der Waals surface area contributed by atoms with Crippen LogP contribution in [0.5, 0.6) is 0 Å². The smallest absolute Gasteiger partial charge is 0.266 e. The van der Waals surface area contributed by atoms with Crippen LogP contribution in [0.15, 0.2) is 28.9 Å². The molecule has 1 heterocycles. The molecule has 0 saturated carbocycles. The van der Waals surface area contributed by atoms with Crippen LogP contribution >= 0.6 is 27.5 Å². The van der Waals surface area contributed by atoms with E-state index in [9.17, 15) is 10.1 Å². The molecule has 0 aliphatic heterocycles. The fourth-order valence-electron chi connectivity index (χ4n) is 1.58. The third-order valence-electron chi connectivity index (χ3n) is 2.47. The molecule has 0 radical (unpaired) electrons. The van der Waals surface area contributed by atoms with E-state index in [1.165, 1.54) is 6.07 Å². The van der Waals surface area contributed by atoms with Crippen molar-refractivity contribution in [3.05, 3.63) is 55.3 Å². The highest BCUT2D eigenvalue weighted by atomic mass is 79.9. The van der Waals surface area contributed by atoms with Crippen molar-refractivity contribution in [1.82, 2.24) is 9.78 Å². The minimum absolute atomic E-state index is 0.0440. The van der Waals surface area contributed by atoms with Crippen molar-refractivity contribution in [2.75, 3.05) is 0 Å². The second-order valence-electron chi connectivity index (χ2n) is 3.77. The molecule has 18 heavy (non-hydrogen) atoms. The summed E-state index contributed by atoms with van der Waals surface area (Å²) >= 11 is 9.16. The average Bonchev–Trinajstić information content (AvgIpc) is 2.60. The van der Waals surface area contributed by atoms with E-state index in [4.69, 9.17) is 11.6 Å². The predicted molar refractivity (Wildman–Crippen MR) is 71.9 cm³/mol. The number of halogens is 2. The van der Waals surface area contributed by atoms with Crippen molar-refractivity contribution in [3.63, 3.8) is 0 Å². The second kappa shape index (κ2) is 5.07. The lowest BCUT2D eigenvalue weighted by molar-refractivity contribution is -0.385. The predicted octanol–water partition coefficient (Wildman–Crippen LogP) is 3.56. The van der Waals surface area contributed by atoms with Crippen LogP contribution in [0, 0.1) is 17.0 Å². The van der Waals surface area contributed by atoms with Crippen molar-refractivity contribution in [2.24, 2.45) is 0 Å². The van der Waals surface area contributed by atoms with Crippen molar-refractivity contribution >= 4 is 33.2 Å². The Morgan fingerprint density at radius 2 is 2.28 bits per heavy atom. The Morgan fingerprint density at radius 1 is 1.56 bits per heavy atom. The lowest BCUT2D eigenvalue weighted by Crippen LogP contribution is -2.02. The first kappa shape index (κ1) is 13.0. The number of rotatable bonds is 3. The van der Waals surface area contributed by atoms with E-state index in [0.717, 1.165) is 11.3 Å².